The fraction of sp³-hybridized carbons (Fsp3) is 0.727. The highest BCUT2D eigenvalue weighted by atomic mass is 16.8. The van der Waals surface area contributed by atoms with E-state index in [0.29, 0.717) is 18.4 Å². The zero-order valence-electron chi connectivity index (χ0n) is 17.1. The average Bonchev–Trinajstić information content (AvgIpc) is 3.26. The van der Waals surface area contributed by atoms with Crippen LogP contribution in [0.5, 0.6) is 0 Å². The first-order chi connectivity index (χ1) is 14.2. The molecule has 3 saturated heterocycles. The van der Waals surface area contributed by atoms with Crippen molar-refractivity contribution >= 4 is 23.7 Å². The second-order valence-electron chi connectivity index (χ2n) is 10.1. The van der Waals surface area contributed by atoms with Crippen molar-refractivity contribution in [2.45, 2.75) is 58.5 Å². The molecule has 0 amide bonds. The highest BCUT2D eigenvalue weighted by Gasteiger charge is 2.82. The van der Waals surface area contributed by atoms with Crippen LogP contribution in [0.1, 0.15) is 40.0 Å². The Kier molecular flexibility index (Phi) is 3.29. The summed E-state index contributed by atoms with van der Waals surface area (Å²) in [7, 11) is 0. The third-order valence-corrected chi connectivity index (χ3v) is 9.03. The maximum absolute atomic E-state index is 13.6. The van der Waals surface area contributed by atoms with Gasteiger partial charge in [-0.15, -0.1) is 0 Å². The predicted molar refractivity (Wildman–Crippen MR) is 97.3 cm³/mol. The molecule has 0 N–H and O–H groups in total. The largest absolute Gasteiger partial charge is 0.462 e. The molecule has 3 aliphatic carbocycles. The number of carbonyl (C=O) groups is 4. The fourth-order valence-corrected chi connectivity index (χ4v) is 7.73. The van der Waals surface area contributed by atoms with Gasteiger partial charge in [-0.2, -0.15) is 0 Å². The summed E-state index contributed by atoms with van der Waals surface area (Å²) in [5, 5.41) is 0. The van der Waals surface area contributed by atoms with Crippen LogP contribution < -0.4 is 0 Å². The van der Waals surface area contributed by atoms with Gasteiger partial charge in [-0.05, 0) is 36.0 Å². The lowest BCUT2D eigenvalue weighted by molar-refractivity contribution is -0.210. The standard InChI is InChI=1S/C22H24O8/c1-9-13(28-10(2)23)6-21-8-27-17(25)12(21)5-4-11-15(21)20(9,3)7-14(24)22(11)16-18(29-16)30-19(22)26/h5,9,11,13,15-16,18H,4,6-8H2,1-3H3. The van der Waals surface area contributed by atoms with Crippen molar-refractivity contribution in [3.8, 4) is 0 Å². The first-order valence-electron chi connectivity index (χ1n) is 10.6. The van der Waals surface area contributed by atoms with Gasteiger partial charge in [0.05, 0.1) is 0 Å². The van der Waals surface area contributed by atoms with Gasteiger partial charge in [0, 0.05) is 24.3 Å². The number of Topliss-reactive ketones (excluding diaryl/α,β-unsaturated/α-hetero) is 1. The molecule has 0 aromatic heterocycles. The molecule has 6 rings (SSSR count). The maximum Gasteiger partial charge on any atom is 0.334 e. The van der Waals surface area contributed by atoms with E-state index in [9.17, 15) is 19.2 Å². The zero-order chi connectivity index (χ0) is 21.2. The molecule has 9 unspecified atom stereocenters. The summed E-state index contributed by atoms with van der Waals surface area (Å²) in [6, 6.07) is 0. The Labute approximate surface area is 173 Å². The smallest absolute Gasteiger partial charge is 0.334 e. The molecule has 160 valence electrons. The first-order valence-corrected chi connectivity index (χ1v) is 10.6. The second kappa shape index (κ2) is 5.33. The summed E-state index contributed by atoms with van der Waals surface area (Å²) in [5.74, 6) is -2.02. The molecule has 0 aromatic carbocycles. The van der Waals surface area contributed by atoms with Crippen LogP contribution in [-0.4, -0.2) is 48.8 Å². The first kappa shape index (κ1) is 18.5. The molecule has 3 aliphatic heterocycles. The van der Waals surface area contributed by atoms with Gasteiger partial charge in [0.15, 0.2) is 11.2 Å². The summed E-state index contributed by atoms with van der Waals surface area (Å²) >= 11 is 0. The number of fused-ring (bicyclic) bond motifs is 3. The Hall–Kier alpha value is -2.22. The van der Waals surface area contributed by atoms with Crippen LogP contribution >= 0.6 is 0 Å². The summed E-state index contributed by atoms with van der Waals surface area (Å²) < 4.78 is 22.1. The molecule has 6 aliphatic rings. The van der Waals surface area contributed by atoms with Crippen LogP contribution in [0.3, 0.4) is 0 Å². The summed E-state index contributed by atoms with van der Waals surface area (Å²) in [5.41, 5.74) is -1.97. The van der Waals surface area contributed by atoms with E-state index in [4.69, 9.17) is 18.9 Å². The van der Waals surface area contributed by atoms with Gasteiger partial charge in [0.2, 0.25) is 6.29 Å². The van der Waals surface area contributed by atoms with Gasteiger partial charge in [-0.25, -0.2) is 4.79 Å². The van der Waals surface area contributed by atoms with E-state index in [-0.39, 0.29) is 48.5 Å². The van der Waals surface area contributed by atoms with Gasteiger partial charge < -0.3 is 18.9 Å². The van der Waals surface area contributed by atoms with Crippen LogP contribution in [0.2, 0.25) is 0 Å². The molecule has 3 heterocycles. The number of esters is 3. The molecule has 0 aromatic rings. The van der Waals surface area contributed by atoms with E-state index in [2.05, 4.69) is 0 Å². The van der Waals surface area contributed by atoms with Crippen LogP contribution in [0.15, 0.2) is 11.6 Å². The highest BCUT2D eigenvalue weighted by Crippen LogP contribution is 2.73. The van der Waals surface area contributed by atoms with Crippen molar-refractivity contribution in [2.24, 2.45) is 34.0 Å². The minimum Gasteiger partial charge on any atom is -0.462 e. The van der Waals surface area contributed by atoms with Crippen LogP contribution in [0.25, 0.3) is 0 Å². The molecule has 8 nitrogen and oxygen atoms in total. The third kappa shape index (κ3) is 1.84. The number of ether oxygens (including phenoxy) is 4. The fourth-order valence-electron chi connectivity index (χ4n) is 7.73. The van der Waals surface area contributed by atoms with Gasteiger partial charge in [-0.3, -0.25) is 14.4 Å². The number of hydrogen-bond acceptors (Lipinski definition) is 8. The number of allylic oxidation sites excluding steroid dienone is 1. The van der Waals surface area contributed by atoms with Crippen molar-refractivity contribution in [1.29, 1.82) is 0 Å². The topological polar surface area (TPSA) is 109 Å². The molecule has 0 radical (unpaired) electrons. The Morgan fingerprint density at radius 1 is 1.27 bits per heavy atom. The lowest BCUT2D eigenvalue weighted by Gasteiger charge is -2.64. The second-order valence-corrected chi connectivity index (χ2v) is 10.1. The van der Waals surface area contributed by atoms with Gasteiger partial charge in [0.1, 0.15) is 18.8 Å². The zero-order valence-corrected chi connectivity index (χ0v) is 17.1. The van der Waals surface area contributed by atoms with Crippen molar-refractivity contribution in [3.05, 3.63) is 11.6 Å². The minimum absolute atomic E-state index is 0.121. The van der Waals surface area contributed by atoms with Crippen LogP contribution in [0, 0.1) is 34.0 Å². The lowest BCUT2D eigenvalue weighted by Crippen LogP contribution is -2.69. The number of hydrogen-bond donors (Lipinski definition) is 0. The van der Waals surface area contributed by atoms with E-state index in [1.54, 1.807) is 0 Å². The summed E-state index contributed by atoms with van der Waals surface area (Å²) in [4.78, 5) is 51.1. The van der Waals surface area contributed by atoms with E-state index in [0.717, 1.165) is 0 Å². The van der Waals surface area contributed by atoms with Crippen molar-refractivity contribution in [2.75, 3.05) is 6.61 Å². The van der Waals surface area contributed by atoms with E-state index >= 15 is 0 Å². The molecule has 9 atom stereocenters. The lowest BCUT2D eigenvalue weighted by atomic mass is 9.37. The molecule has 0 bridgehead atoms. The molecule has 8 heteroatoms. The number of rotatable bonds is 1. The van der Waals surface area contributed by atoms with Crippen molar-refractivity contribution < 1.29 is 38.1 Å². The molecule has 2 saturated carbocycles. The normalized spacial score (nSPS) is 52.6. The maximum atomic E-state index is 13.6. The average molecular weight is 416 g/mol. The van der Waals surface area contributed by atoms with E-state index < -0.39 is 40.7 Å². The van der Waals surface area contributed by atoms with Crippen LogP contribution in [-0.2, 0) is 38.1 Å². The molecule has 30 heavy (non-hydrogen) atoms. The predicted octanol–water partition coefficient (Wildman–Crippen LogP) is 1.31. The Morgan fingerprint density at radius 3 is 2.70 bits per heavy atom. The van der Waals surface area contributed by atoms with E-state index in [1.807, 2.05) is 19.9 Å². The number of cyclic esters (lactones) is 1. The summed E-state index contributed by atoms with van der Waals surface area (Å²) in [6.45, 7) is 5.58. The quantitative estimate of drug-likeness (QED) is 0.272. The Morgan fingerprint density at radius 2 is 2.03 bits per heavy atom. The number of ketones is 1. The van der Waals surface area contributed by atoms with Crippen molar-refractivity contribution in [1.82, 2.24) is 0 Å². The highest BCUT2D eigenvalue weighted by molar-refractivity contribution is 6.08. The number of carbonyl (C=O) groups excluding carboxylic acids is 4. The van der Waals surface area contributed by atoms with Crippen LogP contribution in [0.4, 0.5) is 0 Å². The number of epoxide rings is 1. The molecular formula is C22H24O8. The minimum atomic E-state index is -1.32. The summed E-state index contributed by atoms with van der Waals surface area (Å²) in [6.07, 6.45) is 1.23. The molecule has 5 fully saturated rings. The van der Waals surface area contributed by atoms with Gasteiger partial charge in [-0.1, -0.05) is 19.9 Å². The molecular weight excluding hydrogens is 392 g/mol. The SMILES string of the molecule is CC(=O)OC1CC23COC(=O)C2=CCC2C3C(C)(CC(=O)C23C(=O)OC2OC23)C1C. The van der Waals surface area contributed by atoms with Gasteiger partial charge in [0.25, 0.3) is 0 Å². The monoisotopic (exact) mass is 416 g/mol. The van der Waals surface area contributed by atoms with Crippen molar-refractivity contribution in [3.63, 3.8) is 0 Å². The van der Waals surface area contributed by atoms with Gasteiger partial charge >= 0.3 is 17.9 Å². The Balaban J connectivity index is 1.56. The Bertz CT molecular complexity index is 953. The van der Waals surface area contributed by atoms with E-state index in [1.165, 1.54) is 6.92 Å². The third-order valence-electron chi connectivity index (χ3n) is 9.03. The molecule has 2 spiro atoms.